The summed E-state index contributed by atoms with van der Waals surface area (Å²) in [6.07, 6.45) is 0. The predicted octanol–water partition coefficient (Wildman–Crippen LogP) is 5.43. The molecule has 0 aromatic heterocycles. The first-order valence-electron chi connectivity index (χ1n) is 8.52. The fourth-order valence-corrected chi connectivity index (χ4v) is 3.06. The first kappa shape index (κ1) is 19.1. The van der Waals surface area contributed by atoms with E-state index in [1.165, 1.54) is 0 Å². The molecule has 1 amide bonds. The summed E-state index contributed by atoms with van der Waals surface area (Å²) < 4.78 is 12.1. The van der Waals surface area contributed by atoms with Crippen LogP contribution in [0.3, 0.4) is 0 Å². The first-order valence-corrected chi connectivity index (χ1v) is 9.31. The Balaban J connectivity index is 1.77. The number of carbonyl (C=O) groups excluding carboxylic acids is 1. The van der Waals surface area contributed by atoms with Crippen molar-refractivity contribution in [2.75, 3.05) is 12.4 Å². The molecule has 27 heavy (non-hydrogen) atoms. The van der Waals surface area contributed by atoms with E-state index in [2.05, 4.69) is 21.2 Å². The number of hydrogen-bond acceptors (Lipinski definition) is 3. The number of benzene rings is 3. The van der Waals surface area contributed by atoms with E-state index in [1.807, 2.05) is 60.7 Å². The molecule has 0 heterocycles. The molecule has 4 nitrogen and oxygen atoms in total. The molecule has 0 fully saturated rings. The molecule has 0 aliphatic rings. The first-order chi connectivity index (χ1) is 13.2. The number of carbonyl (C=O) groups is 1. The van der Waals surface area contributed by atoms with Gasteiger partial charge in [0, 0.05) is 28.4 Å². The third-order valence-electron chi connectivity index (χ3n) is 4.04. The van der Waals surface area contributed by atoms with Crippen molar-refractivity contribution in [1.82, 2.24) is 0 Å². The lowest BCUT2D eigenvalue weighted by atomic mass is 10.1. The Labute approximate surface area is 167 Å². The van der Waals surface area contributed by atoms with E-state index in [0.29, 0.717) is 24.5 Å². The molecule has 0 unspecified atom stereocenters. The number of para-hydroxylation sites is 2. The molecule has 138 valence electrons. The van der Waals surface area contributed by atoms with Crippen molar-refractivity contribution in [2.45, 2.75) is 13.2 Å². The van der Waals surface area contributed by atoms with Gasteiger partial charge in [-0.1, -0.05) is 64.5 Å². The van der Waals surface area contributed by atoms with Crippen molar-refractivity contribution >= 4 is 27.5 Å². The van der Waals surface area contributed by atoms with Crippen molar-refractivity contribution in [2.24, 2.45) is 0 Å². The number of methoxy groups -OCH3 is 1. The van der Waals surface area contributed by atoms with Crippen molar-refractivity contribution in [1.29, 1.82) is 0 Å². The Morgan fingerprint density at radius 3 is 2.33 bits per heavy atom. The number of ether oxygens (including phenoxy) is 2. The van der Waals surface area contributed by atoms with Crippen LogP contribution in [0.25, 0.3) is 0 Å². The van der Waals surface area contributed by atoms with Gasteiger partial charge in [0.1, 0.15) is 12.4 Å². The summed E-state index contributed by atoms with van der Waals surface area (Å²) >= 11 is 3.51. The van der Waals surface area contributed by atoms with Crippen LogP contribution in [-0.4, -0.2) is 13.0 Å². The minimum Gasteiger partial charge on any atom is -0.488 e. The molecule has 0 aliphatic heterocycles. The van der Waals surface area contributed by atoms with Crippen LogP contribution in [0, 0.1) is 0 Å². The monoisotopic (exact) mass is 425 g/mol. The van der Waals surface area contributed by atoms with Gasteiger partial charge in [-0.05, 0) is 24.3 Å². The number of anilines is 1. The quantitative estimate of drug-likeness (QED) is 0.548. The van der Waals surface area contributed by atoms with Gasteiger partial charge in [0.15, 0.2) is 0 Å². The van der Waals surface area contributed by atoms with Gasteiger partial charge in [-0.15, -0.1) is 0 Å². The lowest BCUT2D eigenvalue weighted by Gasteiger charge is -2.14. The highest BCUT2D eigenvalue weighted by Crippen LogP contribution is 2.24. The maximum absolute atomic E-state index is 12.8. The fraction of sp³-hybridized carbons (Fsp3) is 0.136. The summed E-state index contributed by atoms with van der Waals surface area (Å²) in [6.45, 7) is 0.794. The summed E-state index contributed by atoms with van der Waals surface area (Å²) in [6, 6.07) is 22.6. The topological polar surface area (TPSA) is 47.6 Å². The molecular formula is C22H20BrNO3. The van der Waals surface area contributed by atoms with Crippen LogP contribution in [0.4, 0.5) is 5.69 Å². The van der Waals surface area contributed by atoms with Gasteiger partial charge in [0.25, 0.3) is 5.91 Å². The zero-order valence-corrected chi connectivity index (χ0v) is 16.5. The van der Waals surface area contributed by atoms with Crippen molar-refractivity contribution in [3.8, 4) is 5.75 Å². The van der Waals surface area contributed by atoms with Crippen LogP contribution in [0.1, 0.15) is 21.5 Å². The second-order valence-corrected chi connectivity index (χ2v) is 6.77. The number of hydrogen-bond donors (Lipinski definition) is 1. The highest BCUT2D eigenvalue weighted by atomic mass is 79.9. The van der Waals surface area contributed by atoms with E-state index >= 15 is 0 Å². The molecule has 0 atom stereocenters. The van der Waals surface area contributed by atoms with Gasteiger partial charge in [-0.3, -0.25) is 4.79 Å². The summed E-state index contributed by atoms with van der Waals surface area (Å²) in [5.41, 5.74) is 3.14. The number of nitrogens with one attached hydrogen (secondary N) is 1. The van der Waals surface area contributed by atoms with Gasteiger partial charge in [-0.25, -0.2) is 0 Å². The largest absolute Gasteiger partial charge is 0.488 e. The van der Waals surface area contributed by atoms with Crippen molar-refractivity contribution in [3.05, 3.63) is 94.0 Å². The molecule has 0 aliphatic carbocycles. The molecule has 3 rings (SSSR count). The van der Waals surface area contributed by atoms with Crippen LogP contribution in [0.15, 0.2) is 77.3 Å². The molecule has 1 N–H and O–H groups in total. The summed E-state index contributed by atoms with van der Waals surface area (Å²) in [5.74, 6) is 0.316. The zero-order valence-electron chi connectivity index (χ0n) is 14.9. The Hall–Kier alpha value is -2.63. The zero-order chi connectivity index (χ0) is 19.1. The predicted molar refractivity (Wildman–Crippen MR) is 110 cm³/mol. The van der Waals surface area contributed by atoms with Crippen LogP contribution >= 0.6 is 15.9 Å². The molecular weight excluding hydrogens is 406 g/mol. The molecule has 3 aromatic rings. The number of rotatable bonds is 7. The van der Waals surface area contributed by atoms with Gasteiger partial charge in [0.2, 0.25) is 0 Å². The fourth-order valence-electron chi connectivity index (χ4n) is 2.66. The SMILES string of the molecule is COCc1ccccc1NC(=O)c1ccccc1OCc1ccccc1Br. The second kappa shape index (κ2) is 9.35. The molecule has 0 radical (unpaired) electrons. The Kier molecular flexibility index (Phi) is 6.63. The summed E-state index contributed by atoms with van der Waals surface area (Å²) in [7, 11) is 1.63. The van der Waals surface area contributed by atoms with E-state index in [9.17, 15) is 4.79 Å². The molecule has 3 aromatic carbocycles. The Morgan fingerprint density at radius 2 is 1.56 bits per heavy atom. The number of halogens is 1. The van der Waals surface area contributed by atoms with Gasteiger partial charge < -0.3 is 14.8 Å². The Morgan fingerprint density at radius 1 is 0.889 bits per heavy atom. The third kappa shape index (κ3) is 4.96. The van der Waals surface area contributed by atoms with E-state index in [1.54, 1.807) is 19.2 Å². The van der Waals surface area contributed by atoms with E-state index in [4.69, 9.17) is 9.47 Å². The van der Waals surface area contributed by atoms with E-state index < -0.39 is 0 Å². The van der Waals surface area contributed by atoms with Crippen LogP contribution in [0.5, 0.6) is 5.75 Å². The highest BCUT2D eigenvalue weighted by Gasteiger charge is 2.14. The van der Waals surface area contributed by atoms with Crippen molar-refractivity contribution < 1.29 is 14.3 Å². The maximum atomic E-state index is 12.8. The highest BCUT2D eigenvalue weighted by molar-refractivity contribution is 9.10. The normalized spacial score (nSPS) is 10.4. The standard InChI is InChI=1S/C22H20BrNO3/c1-26-14-17-9-3-6-12-20(17)24-22(25)18-10-4-7-13-21(18)27-15-16-8-2-5-11-19(16)23/h2-13H,14-15H2,1H3,(H,24,25). The van der Waals surface area contributed by atoms with Gasteiger partial charge in [-0.2, -0.15) is 0 Å². The molecule has 0 saturated carbocycles. The lowest BCUT2D eigenvalue weighted by molar-refractivity contribution is 0.102. The number of amides is 1. The van der Waals surface area contributed by atoms with Gasteiger partial charge >= 0.3 is 0 Å². The maximum Gasteiger partial charge on any atom is 0.259 e. The molecule has 0 saturated heterocycles. The lowest BCUT2D eigenvalue weighted by Crippen LogP contribution is -2.15. The molecule has 5 heteroatoms. The molecule has 0 bridgehead atoms. The van der Waals surface area contributed by atoms with Crippen LogP contribution in [-0.2, 0) is 18.0 Å². The third-order valence-corrected chi connectivity index (χ3v) is 4.81. The summed E-state index contributed by atoms with van der Waals surface area (Å²) in [4.78, 5) is 12.8. The van der Waals surface area contributed by atoms with E-state index in [0.717, 1.165) is 21.3 Å². The Bertz CT molecular complexity index is 927. The second-order valence-electron chi connectivity index (χ2n) is 5.92. The average molecular weight is 426 g/mol. The van der Waals surface area contributed by atoms with Crippen LogP contribution < -0.4 is 10.1 Å². The van der Waals surface area contributed by atoms with Crippen molar-refractivity contribution in [3.63, 3.8) is 0 Å². The summed E-state index contributed by atoms with van der Waals surface area (Å²) in [5, 5.41) is 2.95. The average Bonchev–Trinajstić information content (AvgIpc) is 2.69. The molecule has 0 spiro atoms. The van der Waals surface area contributed by atoms with Crippen LogP contribution in [0.2, 0.25) is 0 Å². The van der Waals surface area contributed by atoms with Gasteiger partial charge in [0.05, 0.1) is 12.2 Å². The minimum atomic E-state index is -0.221. The van der Waals surface area contributed by atoms with E-state index in [-0.39, 0.29) is 5.91 Å². The minimum absolute atomic E-state index is 0.221. The smallest absolute Gasteiger partial charge is 0.259 e.